The van der Waals surface area contributed by atoms with Crippen molar-refractivity contribution in [3.05, 3.63) is 37.1 Å². The van der Waals surface area contributed by atoms with Crippen molar-refractivity contribution in [2.75, 3.05) is 13.1 Å². The molecule has 0 saturated heterocycles. The van der Waals surface area contributed by atoms with Gasteiger partial charge in [-0.05, 0) is 6.08 Å². The molecule has 0 atom stereocenters. The smallest absolute Gasteiger partial charge is 0.403 e. The van der Waals surface area contributed by atoms with Gasteiger partial charge in [0.2, 0.25) is 0 Å². The van der Waals surface area contributed by atoms with Gasteiger partial charge in [-0.1, -0.05) is 12.2 Å². The Morgan fingerprint density at radius 1 is 1.27 bits per heavy atom. The highest BCUT2D eigenvalue weighted by atomic mass is 31.2. The molecule has 0 fully saturated rings. The molecule has 0 bridgehead atoms. The van der Waals surface area contributed by atoms with Crippen LogP contribution in [0.5, 0.6) is 0 Å². The first-order chi connectivity index (χ1) is 6.91. The summed E-state index contributed by atoms with van der Waals surface area (Å²) in [7, 11) is -4.29. The van der Waals surface area contributed by atoms with E-state index in [1.807, 2.05) is 0 Å². The van der Waals surface area contributed by atoms with Crippen molar-refractivity contribution < 1.29 is 19.5 Å². The lowest BCUT2D eigenvalue weighted by atomic mass is 10.3. The first kappa shape index (κ1) is 14.1. The Hall–Kier alpha value is -0.870. The first-order valence-corrected chi connectivity index (χ1v) is 5.89. The SMILES string of the molecule is C=CCC(O)=CCN(CC=C)P(=O)(O)O. The van der Waals surface area contributed by atoms with E-state index in [0.717, 1.165) is 4.67 Å². The fraction of sp³-hybridized carbons (Fsp3) is 0.333. The van der Waals surface area contributed by atoms with Crippen molar-refractivity contribution in [1.82, 2.24) is 4.67 Å². The Balaban J connectivity index is 4.42. The number of hydrogen-bond donors (Lipinski definition) is 3. The number of aliphatic hydroxyl groups is 1. The highest BCUT2D eigenvalue weighted by molar-refractivity contribution is 7.49. The molecule has 0 aliphatic heterocycles. The van der Waals surface area contributed by atoms with Crippen LogP contribution in [0.15, 0.2) is 37.1 Å². The third-order valence-electron chi connectivity index (χ3n) is 1.60. The van der Waals surface area contributed by atoms with Crippen LogP contribution in [0.1, 0.15) is 6.42 Å². The summed E-state index contributed by atoms with van der Waals surface area (Å²) in [6.07, 6.45) is 4.51. The van der Waals surface area contributed by atoms with Gasteiger partial charge in [-0.25, -0.2) is 9.24 Å². The number of hydrogen-bond acceptors (Lipinski definition) is 2. The van der Waals surface area contributed by atoms with Crippen LogP contribution in [0.2, 0.25) is 0 Å². The second-order valence-corrected chi connectivity index (χ2v) is 4.45. The molecule has 0 heterocycles. The molecule has 86 valence electrons. The quantitative estimate of drug-likeness (QED) is 0.353. The summed E-state index contributed by atoms with van der Waals surface area (Å²) in [6.45, 7) is 6.85. The minimum absolute atomic E-state index is 0.0318. The van der Waals surface area contributed by atoms with Gasteiger partial charge in [0.05, 0.1) is 5.76 Å². The van der Waals surface area contributed by atoms with Crippen LogP contribution in [-0.4, -0.2) is 32.7 Å². The normalized spacial score (nSPS) is 12.9. The van der Waals surface area contributed by atoms with Crippen LogP contribution in [0.25, 0.3) is 0 Å². The van der Waals surface area contributed by atoms with Gasteiger partial charge in [-0.15, -0.1) is 13.2 Å². The van der Waals surface area contributed by atoms with Crippen molar-refractivity contribution in [2.24, 2.45) is 0 Å². The van der Waals surface area contributed by atoms with Gasteiger partial charge in [0.25, 0.3) is 0 Å². The molecule has 0 aliphatic rings. The van der Waals surface area contributed by atoms with Crippen LogP contribution in [0.3, 0.4) is 0 Å². The topological polar surface area (TPSA) is 81.0 Å². The summed E-state index contributed by atoms with van der Waals surface area (Å²) in [5.41, 5.74) is 0. The van der Waals surface area contributed by atoms with Crippen LogP contribution in [0.4, 0.5) is 0 Å². The Morgan fingerprint density at radius 3 is 2.27 bits per heavy atom. The molecule has 0 spiro atoms. The Morgan fingerprint density at radius 2 is 1.87 bits per heavy atom. The summed E-state index contributed by atoms with van der Waals surface area (Å²) in [4.78, 5) is 17.8. The molecule has 3 N–H and O–H groups in total. The van der Waals surface area contributed by atoms with Crippen LogP contribution in [0, 0.1) is 0 Å². The molecular weight excluding hydrogens is 217 g/mol. The van der Waals surface area contributed by atoms with Crippen molar-refractivity contribution in [2.45, 2.75) is 6.42 Å². The van der Waals surface area contributed by atoms with Gasteiger partial charge in [-0.2, -0.15) is 0 Å². The van der Waals surface area contributed by atoms with E-state index in [4.69, 9.17) is 9.79 Å². The monoisotopic (exact) mass is 233 g/mol. The maximum atomic E-state index is 10.9. The van der Waals surface area contributed by atoms with E-state index in [-0.39, 0.29) is 25.3 Å². The van der Waals surface area contributed by atoms with Crippen LogP contribution in [-0.2, 0) is 4.57 Å². The molecule has 0 unspecified atom stereocenters. The predicted octanol–water partition coefficient (Wildman–Crippen LogP) is 1.59. The van der Waals surface area contributed by atoms with Crippen LogP contribution >= 0.6 is 7.75 Å². The molecular formula is C9H16NO4P. The minimum Gasteiger partial charge on any atom is -0.512 e. The fourth-order valence-corrected chi connectivity index (χ4v) is 1.50. The Kier molecular flexibility index (Phi) is 6.20. The molecule has 0 amide bonds. The maximum Gasteiger partial charge on any atom is 0.403 e. The molecule has 15 heavy (non-hydrogen) atoms. The Bertz CT molecular complexity index is 294. The van der Waals surface area contributed by atoms with Gasteiger partial charge in [-0.3, -0.25) is 0 Å². The molecule has 0 rings (SSSR count). The molecule has 0 aliphatic carbocycles. The van der Waals surface area contributed by atoms with E-state index < -0.39 is 7.75 Å². The first-order valence-electron chi connectivity index (χ1n) is 4.32. The van der Waals surface area contributed by atoms with Gasteiger partial charge in [0.1, 0.15) is 0 Å². The molecule has 0 saturated carbocycles. The zero-order chi connectivity index (χ0) is 11.9. The molecule has 5 nitrogen and oxygen atoms in total. The van der Waals surface area contributed by atoms with Gasteiger partial charge < -0.3 is 14.9 Å². The van der Waals surface area contributed by atoms with Crippen molar-refractivity contribution in [3.63, 3.8) is 0 Å². The van der Waals surface area contributed by atoms with E-state index in [1.165, 1.54) is 18.2 Å². The second kappa shape index (κ2) is 6.58. The Labute approximate surface area is 89.3 Å². The van der Waals surface area contributed by atoms with Crippen molar-refractivity contribution in [3.8, 4) is 0 Å². The molecule has 6 heteroatoms. The zero-order valence-corrected chi connectivity index (χ0v) is 9.31. The third-order valence-corrected chi connectivity index (χ3v) is 2.66. The summed E-state index contributed by atoms with van der Waals surface area (Å²) >= 11 is 0. The predicted molar refractivity (Wildman–Crippen MR) is 59.3 cm³/mol. The lowest BCUT2D eigenvalue weighted by Gasteiger charge is -2.19. The number of nitrogens with zero attached hydrogens (tertiary/aromatic N) is 1. The van der Waals surface area contributed by atoms with Crippen molar-refractivity contribution >= 4 is 7.75 Å². The fourth-order valence-electron chi connectivity index (χ4n) is 0.878. The third kappa shape index (κ3) is 6.25. The van der Waals surface area contributed by atoms with Crippen molar-refractivity contribution in [1.29, 1.82) is 0 Å². The molecule has 0 aromatic rings. The number of allylic oxidation sites excluding steroid dienone is 1. The summed E-state index contributed by atoms with van der Waals surface area (Å²) < 4.78 is 11.8. The second-order valence-electron chi connectivity index (χ2n) is 2.86. The standard InChI is InChI=1S/C9H16NO4P/c1-3-5-9(11)6-8-10(7-4-2)15(12,13)14/h3-4,6,11H,1-2,5,7-8H2,(H2,12,13,14). The van der Waals surface area contributed by atoms with E-state index in [2.05, 4.69) is 13.2 Å². The average molecular weight is 233 g/mol. The molecule has 0 aromatic heterocycles. The van der Waals surface area contributed by atoms with Gasteiger partial charge in [0.15, 0.2) is 0 Å². The number of aliphatic hydroxyl groups excluding tert-OH is 1. The maximum absolute atomic E-state index is 10.9. The average Bonchev–Trinajstić information content (AvgIpc) is 2.10. The number of rotatable bonds is 7. The summed E-state index contributed by atoms with van der Waals surface area (Å²) in [5, 5.41) is 9.22. The van der Waals surface area contributed by atoms with Gasteiger partial charge >= 0.3 is 7.75 Å². The largest absolute Gasteiger partial charge is 0.512 e. The highest BCUT2D eigenvalue weighted by Crippen LogP contribution is 2.39. The van der Waals surface area contributed by atoms with E-state index in [0.29, 0.717) is 0 Å². The molecule has 0 aromatic carbocycles. The summed E-state index contributed by atoms with van der Waals surface area (Å²) in [5.74, 6) is 0.0347. The lowest BCUT2D eigenvalue weighted by molar-refractivity contribution is 0.289. The highest BCUT2D eigenvalue weighted by Gasteiger charge is 2.22. The van der Waals surface area contributed by atoms with E-state index in [9.17, 15) is 9.67 Å². The van der Waals surface area contributed by atoms with Crippen LogP contribution < -0.4 is 0 Å². The molecule has 0 radical (unpaired) electrons. The minimum atomic E-state index is -4.29. The van der Waals surface area contributed by atoms with E-state index >= 15 is 0 Å². The summed E-state index contributed by atoms with van der Waals surface area (Å²) in [6, 6.07) is 0. The van der Waals surface area contributed by atoms with Gasteiger partial charge in [0, 0.05) is 19.5 Å². The zero-order valence-electron chi connectivity index (χ0n) is 8.41. The van der Waals surface area contributed by atoms with E-state index in [1.54, 1.807) is 0 Å². The lowest BCUT2D eigenvalue weighted by Crippen LogP contribution is -2.20.